The number of carbonyl (C=O) groups is 1. The predicted molar refractivity (Wildman–Crippen MR) is 79.0 cm³/mol. The Hall–Kier alpha value is -2.37. The van der Waals surface area contributed by atoms with Crippen LogP contribution in [0.4, 0.5) is 0 Å². The number of aryl methyl sites for hydroxylation is 2. The Kier molecular flexibility index (Phi) is 4.57. The molecule has 1 unspecified atom stereocenters. The van der Waals surface area contributed by atoms with E-state index in [0.717, 1.165) is 11.4 Å². The Bertz CT molecular complexity index is 636. The highest BCUT2D eigenvalue weighted by Crippen LogP contribution is 2.20. The lowest BCUT2D eigenvalue weighted by atomic mass is 10.1. The van der Waals surface area contributed by atoms with E-state index in [0.29, 0.717) is 13.0 Å². The third-order valence-corrected chi connectivity index (χ3v) is 3.37. The van der Waals surface area contributed by atoms with Crippen LogP contribution in [0, 0.1) is 6.92 Å². The van der Waals surface area contributed by atoms with Crippen LogP contribution in [0.1, 0.15) is 48.1 Å². The molecule has 2 rings (SSSR count). The largest absolute Gasteiger partial charge is 0.507 e. The number of aromatic hydroxyl groups is 1. The highest BCUT2D eigenvalue weighted by atomic mass is 16.3. The van der Waals surface area contributed by atoms with Gasteiger partial charge in [0.1, 0.15) is 17.9 Å². The maximum atomic E-state index is 12.4. The molecule has 0 bridgehead atoms. The molecule has 0 fully saturated rings. The van der Waals surface area contributed by atoms with Gasteiger partial charge in [0.15, 0.2) is 0 Å². The van der Waals surface area contributed by atoms with Crippen molar-refractivity contribution in [2.75, 3.05) is 0 Å². The predicted octanol–water partition coefficient (Wildman–Crippen LogP) is 2.19. The molecule has 112 valence electrons. The van der Waals surface area contributed by atoms with Crippen molar-refractivity contribution in [3.63, 3.8) is 0 Å². The van der Waals surface area contributed by atoms with E-state index in [-0.39, 0.29) is 23.3 Å². The van der Waals surface area contributed by atoms with Gasteiger partial charge >= 0.3 is 0 Å². The molecule has 0 saturated carbocycles. The molecule has 0 aliphatic rings. The standard InChI is InChI=1S/C15H20N4O2/c1-4-12(14-16-9-17-19(14)5-2)18-15(21)11-8-10(3)6-7-13(11)20/h6-9,12,20H,4-5H2,1-3H3,(H,18,21). The molecule has 1 aromatic carbocycles. The number of carbonyl (C=O) groups excluding carboxylic acids is 1. The Morgan fingerprint density at radius 3 is 2.86 bits per heavy atom. The minimum Gasteiger partial charge on any atom is -0.507 e. The number of phenols is 1. The van der Waals surface area contributed by atoms with Crippen molar-refractivity contribution < 1.29 is 9.90 Å². The first-order valence-corrected chi connectivity index (χ1v) is 7.05. The lowest BCUT2D eigenvalue weighted by Gasteiger charge is -2.17. The van der Waals surface area contributed by atoms with E-state index < -0.39 is 0 Å². The van der Waals surface area contributed by atoms with E-state index >= 15 is 0 Å². The van der Waals surface area contributed by atoms with E-state index in [4.69, 9.17) is 0 Å². The second kappa shape index (κ2) is 6.39. The van der Waals surface area contributed by atoms with Crippen molar-refractivity contribution in [1.82, 2.24) is 20.1 Å². The number of hydrogen-bond acceptors (Lipinski definition) is 4. The third kappa shape index (κ3) is 3.21. The molecule has 1 amide bonds. The van der Waals surface area contributed by atoms with Crippen LogP contribution in [0.5, 0.6) is 5.75 Å². The molecule has 1 atom stereocenters. The highest BCUT2D eigenvalue weighted by Gasteiger charge is 2.20. The van der Waals surface area contributed by atoms with Gasteiger partial charge in [0, 0.05) is 6.54 Å². The van der Waals surface area contributed by atoms with Gasteiger partial charge in [-0.15, -0.1) is 0 Å². The van der Waals surface area contributed by atoms with Gasteiger partial charge in [-0.3, -0.25) is 4.79 Å². The van der Waals surface area contributed by atoms with Gasteiger partial charge in [0.05, 0.1) is 11.6 Å². The highest BCUT2D eigenvalue weighted by molar-refractivity contribution is 5.97. The Morgan fingerprint density at radius 2 is 2.19 bits per heavy atom. The number of phenolic OH excluding ortho intramolecular Hbond substituents is 1. The molecule has 6 heteroatoms. The lowest BCUT2D eigenvalue weighted by Crippen LogP contribution is -2.30. The SMILES string of the molecule is CCC(NC(=O)c1cc(C)ccc1O)c1ncnn1CC. The summed E-state index contributed by atoms with van der Waals surface area (Å²) in [5.74, 6) is 0.388. The molecular weight excluding hydrogens is 268 g/mol. The van der Waals surface area contributed by atoms with Gasteiger partial charge in [-0.25, -0.2) is 9.67 Å². The van der Waals surface area contributed by atoms with Gasteiger partial charge in [0.2, 0.25) is 0 Å². The quantitative estimate of drug-likeness (QED) is 0.884. The topological polar surface area (TPSA) is 80.0 Å². The minimum atomic E-state index is -0.311. The molecule has 2 N–H and O–H groups in total. The van der Waals surface area contributed by atoms with E-state index in [1.54, 1.807) is 16.8 Å². The first-order chi connectivity index (χ1) is 10.1. The van der Waals surface area contributed by atoms with Crippen LogP contribution in [-0.2, 0) is 6.54 Å². The molecule has 0 spiro atoms. The van der Waals surface area contributed by atoms with E-state index in [1.807, 2.05) is 20.8 Å². The van der Waals surface area contributed by atoms with E-state index in [9.17, 15) is 9.90 Å². The van der Waals surface area contributed by atoms with Crippen molar-refractivity contribution in [2.45, 2.75) is 39.8 Å². The molecule has 0 aliphatic carbocycles. The molecule has 1 heterocycles. The maximum Gasteiger partial charge on any atom is 0.255 e. The molecule has 0 saturated heterocycles. The summed E-state index contributed by atoms with van der Waals surface area (Å²) in [5, 5.41) is 16.9. The van der Waals surface area contributed by atoms with Gasteiger partial charge < -0.3 is 10.4 Å². The maximum absolute atomic E-state index is 12.4. The first-order valence-electron chi connectivity index (χ1n) is 7.05. The van der Waals surface area contributed by atoms with Crippen molar-refractivity contribution >= 4 is 5.91 Å². The van der Waals surface area contributed by atoms with Crippen LogP contribution in [0.3, 0.4) is 0 Å². The average molecular weight is 288 g/mol. The Labute approximate surface area is 123 Å². The van der Waals surface area contributed by atoms with Crippen LogP contribution in [0.2, 0.25) is 0 Å². The average Bonchev–Trinajstić information content (AvgIpc) is 2.95. The second-order valence-electron chi connectivity index (χ2n) is 4.89. The fraction of sp³-hybridized carbons (Fsp3) is 0.400. The summed E-state index contributed by atoms with van der Waals surface area (Å²) in [4.78, 5) is 16.6. The summed E-state index contributed by atoms with van der Waals surface area (Å²) in [5.41, 5.74) is 1.19. The third-order valence-electron chi connectivity index (χ3n) is 3.37. The summed E-state index contributed by atoms with van der Waals surface area (Å²) in [6.07, 6.45) is 2.18. The monoisotopic (exact) mass is 288 g/mol. The molecule has 0 radical (unpaired) electrons. The van der Waals surface area contributed by atoms with Gasteiger partial charge in [0.25, 0.3) is 5.91 Å². The zero-order valence-electron chi connectivity index (χ0n) is 12.5. The molecule has 21 heavy (non-hydrogen) atoms. The van der Waals surface area contributed by atoms with Gasteiger partial charge in [-0.1, -0.05) is 18.6 Å². The van der Waals surface area contributed by atoms with Crippen molar-refractivity contribution in [3.8, 4) is 5.75 Å². The van der Waals surface area contributed by atoms with Crippen LogP contribution < -0.4 is 5.32 Å². The number of rotatable bonds is 5. The zero-order valence-corrected chi connectivity index (χ0v) is 12.5. The number of amides is 1. The Morgan fingerprint density at radius 1 is 1.43 bits per heavy atom. The number of nitrogens with zero attached hydrogens (tertiary/aromatic N) is 3. The smallest absolute Gasteiger partial charge is 0.255 e. The van der Waals surface area contributed by atoms with Crippen molar-refractivity contribution in [1.29, 1.82) is 0 Å². The fourth-order valence-electron chi connectivity index (χ4n) is 2.20. The van der Waals surface area contributed by atoms with E-state index in [2.05, 4.69) is 15.4 Å². The molecule has 1 aromatic heterocycles. The van der Waals surface area contributed by atoms with Crippen LogP contribution in [0.25, 0.3) is 0 Å². The summed E-state index contributed by atoms with van der Waals surface area (Å²) in [7, 11) is 0. The molecule has 6 nitrogen and oxygen atoms in total. The molecule has 0 aliphatic heterocycles. The van der Waals surface area contributed by atoms with Gasteiger partial charge in [-0.2, -0.15) is 5.10 Å². The summed E-state index contributed by atoms with van der Waals surface area (Å²) in [6, 6.07) is 4.72. The van der Waals surface area contributed by atoms with Crippen LogP contribution >= 0.6 is 0 Å². The molecular formula is C15H20N4O2. The van der Waals surface area contributed by atoms with Crippen LogP contribution in [0.15, 0.2) is 24.5 Å². The minimum absolute atomic E-state index is 0.0232. The summed E-state index contributed by atoms with van der Waals surface area (Å²) in [6.45, 7) is 6.51. The zero-order chi connectivity index (χ0) is 15.4. The normalized spacial score (nSPS) is 12.1. The summed E-state index contributed by atoms with van der Waals surface area (Å²) < 4.78 is 1.75. The second-order valence-corrected chi connectivity index (χ2v) is 4.89. The van der Waals surface area contributed by atoms with Crippen molar-refractivity contribution in [2.24, 2.45) is 0 Å². The number of benzene rings is 1. The number of nitrogens with one attached hydrogen (secondary N) is 1. The summed E-state index contributed by atoms with van der Waals surface area (Å²) >= 11 is 0. The number of aromatic nitrogens is 3. The van der Waals surface area contributed by atoms with Crippen molar-refractivity contribution in [3.05, 3.63) is 41.5 Å². The number of hydrogen-bond donors (Lipinski definition) is 2. The first kappa shape index (κ1) is 15.0. The molecule has 2 aromatic rings. The van der Waals surface area contributed by atoms with Gasteiger partial charge in [-0.05, 0) is 32.4 Å². The Balaban J connectivity index is 2.22. The fourth-order valence-corrected chi connectivity index (χ4v) is 2.20. The van der Waals surface area contributed by atoms with E-state index in [1.165, 1.54) is 12.4 Å². The van der Waals surface area contributed by atoms with Crippen LogP contribution in [-0.4, -0.2) is 25.8 Å². The lowest BCUT2D eigenvalue weighted by molar-refractivity contribution is 0.0930.